The molecule has 5 nitrogen and oxygen atoms in total. The standard InChI is InChI=1S/C20H16BrNO4S2/c1-3-22-18(23)17(28-20(22)27)10-12-7-8-16(15(21)9-12)26-19(24)13-5-4-6-14(11-13)25-2/h4-11H,3H2,1-2H3. The van der Waals surface area contributed by atoms with E-state index in [1.165, 1.54) is 18.9 Å². The molecule has 0 saturated carbocycles. The van der Waals surface area contributed by atoms with E-state index in [1.807, 2.05) is 6.92 Å². The molecule has 2 aromatic rings. The van der Waals surface area contributed by atoms with Gasteiger partial charge in [-0.1, -0.05) is 36.1 Å². The molecule has 28 heavy (non-hydrogen) atoms. The second-order valence-electron chi connectivity index (χ2n) is 5.74. The first kappa shape index (κ1) is 20.6. The SMILES string of the molecule is CCN1C(=O)C(=Cc2ccc(OC(=O)c3cccc(OC)c3)c(Br)c2)SC1=S. The Bertz CT molecular complexity index is 990. The van der Waals surface area contributed by atoms with Crippen LogP contribution >= 0.6 is 39.9 Å². The average molecular weight is 478 g/mol. The molecule has 0 N–H and O–H groups in total. The number of halogens is 1. The van der Waals surface area contributed by atoms with E-state index in [0.717, 1.165) is 5.56 Å². The van der Waals surface area contributed by atoms with E-state index in [-0.39, 0.29) is 5.91 Å². The fraction of sp³-hybridized carbons (Fsp3) is 0.150. The van der Waals surface area contributed by atoms with Gasteiger partial charge in [-0.3, -0.25) is 9.69 Å². The molecule has 1 aliphatic rings. The first-order valence-corrected chi connectivity index (χ1v) is 10.4. The average Bonchev–Trinajstić information content (AvgIpc) is 2.96. The molecule has 1 saturated heterocycles. The van der Waals surface area contributed by atoms with Gasteiger partial charge in [0, 0.05) is 6.54 Å². The number of ether oxygens (including phenoxy) is 2. The van der Waals surface area contributed by atoms with Crippen LogP contribution in [0.2, 0.25) is 0 Å². The number of hydrogen-bond donors (Lipinski definition) is 0. The van der Waals surface area contributed by atoms with Crippen LogP contribution < -0.4 is 9.47 Å². The van der Waals surface area contributed by atoms with E-state index < -0.39 is 5.97 Å². The number of hydrogen-bond acceptors (Lipinski definition) is 6. The van der Waals surface area contributed by atoms with Gasteiger partial charge in [0.2, 0.25) is 0 Å². The molecule has 0 unspecified atom stereocenters. The van der Waals surface area contributed by atoms with E-state index >= 15 is 0 Å². The summed E-state index contributed by atoms with van der Waals surface area (Å²) in [6, 6.07) is 12.0. The predicted octanol–water partition coefficient (Wildman–Crippen LogP) is 4.90. The summed E-state index contributed by atoms with van der Waals surface area (Å²) in [5.74, 6) is 0.373. The first-order chi connectivity index (χ1) is 13.4. The Hall–Kier alpha value is -2.16. The molecule has 0 radical (unpaired) electrons. The lowest BCUT2D eigenvalue weighted by atomic mass is 10.2. The highest BCUT2D eigenvalue weighted by Crippen LogP contribution is 2.34. The van der Waals surface area contributed by atoms with Gasteiger partial charge in [-0.2, -0.15) is 0 Å². The van der Waals surface area contributed by atoms with Gasteiger partial charge in [0.15, 0.2) is 0 Å². The van der Waals surface area contributed by atoms with Gasteiger partial charge in [0.25, 0.3) is 5.91 Å². The lowest BCUT2D eigenvalue weighted by molar-refractivity contribution is -0.121. The molecule has 1 heterocycles. The summed E-state index contributed by atoms with van der Waals surface area (Å²) in [4.78, 5) is 26.8. The van der Waals surface area contributed by atoms with Gasteiger partial charge < -0.3 is 9.47 Å². The molecule has 0 aromatic heterocycles. The first-order valence-electron chi connectivity index (χ1n) is 8.34. The molecular formula is C20H16BrNO4S2. The van der Waals surface area contributed by atoms with E-state index in [2.05, 4.69) is 15.9 Å². The molecule has 1 fully saturated rings. The summed E-state index contributed by atoms with van der Waals surface area (Å²) in [5.41, 5.74) is 1.18. The van der Waals surface area contributed by atoms with Crippen molar-refractivity contribution in [2.24, 2.45) is 0 Å². The molecule has 144 valence electrons. The summed E-state index contributed by atoms with van der Waals surface area (Å²) in [7, 11) is 1.54. The minimum Gasteiger partial charge on any atom is -0.497 e. The van der Waals surface area contributed by atoms with Gasteiger partial charge >= 0.3 is 5.97 Å². The van der Waals surface area contributed by atoms with Gasteiger partial charge in [-0.25, -0.2) is 4.79 Å². The number of benzene rings is 2. The second kappa shape index (κ2) is 8.89. The molecule has 2 aromatic carbocycles. The third-order valence-corrected chi connectivity index (χ3v) is 5.95. The Morgan fingerprint density at radius 3 is 2.71 bits per heavy atom. The number of carbonyl (C=O) groups excluding carboxylic acids is 2. The van der Waals surface area contributed by atoms with Crippen molar-refractivity contribution < 1.29 is 19.1 Å². The van der Waals surface area contributed by atoms with Crippen molar-refractivity contribution in [3.8, 4) is 11.5 Å². The maximum Gasteiger partial charge on any atom is 0.343 e. The highest BCUT2D eigenvalue weighted by Gasteiger charge is 2.30. The Balaban J connectivity index is 1.77. The lowest BCUT2D eigenvalue weighted by Crippen LogP contribution is -2.27. The highest BCUT2D eigenvalue weighted by atomic mass is 79.9. The monoisotopic (exact) mass is 477 g/mol. The van der Waals surface area contributed by atoms with Crippen LogP contribution in [0.4, 0.5) is 0 Å². The number of thiocarbonyl (C=S) groups is 1. The smallest absolute Gasteiger partial charge is 0.343 e. The lowest BCUT2D eigenvalue weighted by Gasteiger charge is -2.09. The quantitative estimate of drug-likeness (QED) is 0.264. The van der Waals surface area contributed by atoms with Crippen LogP contribution in [0.5, 0.6) is 11.5 Å². The van der Waals surface area contributed by atoms with Crippen molar-refractivity contribution >= 4 is 62.2 Å². The number of rotatable bonds is 5. The highest BCUT2D eigenvalue weighted by molar-refractivity contribution is 9.10. The summed E-state index contributed by atoms with van der Waals surface area (Å²) in [6.45, 7) is 2.43. The second-order valence-corrected chi connectivity index (χ2v) is 8.27. The maximum atomic E-state index is 12.4. The fourth-order valence-corrected chi connectivity index (χ4v) is 4.38. The van der Waals surface area contributed by atoms with E-state index in [4.69, 9.17) is 21.7 Å². The fourth-order valence-electron chi connectivity index (χ4n) is 2.52. The summed E-state index contributed by atoms with van der Waals surface area (Å²) >= 11 is 9.92. The summed E-state index contributed by atoms with van der Waals surface area (Å²) in [6.07, 6.45) is 1.77. The largest absolute Gasteiger partial charge is 0.497 e. The topological polar surface area (TPSA) is 55.8 Å². The predicted molar refractivity (Wildman–Crippen MR) is 118 cm³/mol. The number of amides is 1. The molecule has 1 amide bonds. The molecule has 1 aliphatic heterocycles. The van der Waals surface area contributed by atoms with Crippen LogP contribution in [-0.2, 0) is 4.79 Å². The zero-order valence-corrected chi connectivity index (χ0v) is 18.3. The van der Waals surface area contributed by atoms with Crippen LogP contribution in [0.1, 0.15) is 22.8 Å². The molecular weight excluding hydrogens is 462 g/mol. The number of esters is 1. The summed E-state index contributed by atoms with van der Waals surface area (Å²) in [5, 5.41) is 0. The Kier molecular flexibility index (Phi) is 6.53. The third-order valence-electron chi connectivity index (χ3n) is 3.95. The molecule has 8 heteroatoms. The zero-order chi connectivity index (χ0) is 20.3. The van der Waals surface area contributed by atoms with E-state index in [9.17, 15) is 9.59 Å². The van der Waals surface area contributed by atoms with Gasteiger partial charge in [0.05, 0.1) is 22.1 Å². The van der Waals surface area contributed by atoms with Crippen molar-refractivity contribution in [2.45, 2.75) is 6.92 Å². The molecule has 0 spiro atoms. The minimum absolute atomic E-state index is 0.0952. The summed E-state index contributed by atoms with van der Waals surface area (Å²) < 4.78 is 11.7. The Labute approximate surface area is 180 Å². The Morgan fingerprint density at radius 1 is 1.29 bits per heavy atom. The molecule has 0 aliphatic carbocycles. The van der Waals surface area contributed by atoms with Gasteiger partial charge in [-0.05, 0) is 64.8 Å². The van der Waals surface area contributed by atoms with Crippen LogP contribution in [-0.4, -0.2) is 34.8 Å². The zero-order valence-electron chi connectivity index (χ0n) is 15.1. The van der Waals surface area contributed by atoms with Crippen molar-refractivity contribution in [1.29, 1.82) is 0 Å². The van der Waals surface area contributed by atoms with Gasteiger partial charge in [-0.15, -0.1) is 0 Å². The minimum atomic E-state index is -0.490. The van der Waals surface area contributed by atoms with Crippen molar-refractivity contribution in [2.75, 3.05) is 13.7 Å². The van der Waals surface area contributed by atoms with Gasteiger partial charge in [0.1, 0.15) is 15.8 Å². The Morgan fingerprint density at radius 2 is 2.07 bits per heavy atom. The van der Waals surface area contributed by atoms with E-state index in [0.29, 0.717) is 37.3 Å². The van der Waals surface area contributed by atoms with Crippen LogP contribution in [0.3, 0.4) is 0 Å². The number of methoxy groups -OCH3 is 1. The van der Waals surface area contributed by atoms with Crippen LogP contribution in [0, 0.1) is 0 Å². The van der Waals surface area contributed by atoms with Crippen LogP contribution in [0.15, 0.2) is 51.8 Å². The van der Waals surface area contributed by atoms with Crippen molar-refractivity contribution in [3.05, 3.63) is 63.0 Å². The van der Waals surface area contributed by atoms with E-state index in [1.54, 1.807) is 53.4 Å². The molecule has 0 atom stereocenters. The molecule has 3 rings (SSSR count). The third kappa shape index (κ3) is 4.45. The maximum absolute atomic E-state index is 12.4. The number of carbonyl (C=O) groups is 2. The van der Waals surface area contributed by atoms with Crippen LogP contribution in [0.25, 0.3) is 6.08 Å². The normalized spacial score (nSPS) is 15.2. The molecule has 0 bridgehead atoms. The van der Waals surface area contributed by atoms with Crippen molar-refractivity contribution in [3.63, 3.8) is 0 Å². The van der Waals surface area contributed by atoms with Crippen molar-refractivity contribution in [1.82, 2.24) is 4.90 Å². The number of nitrogens with zero attached hydrogens (tertiary/aromatic N) is 1. The number of thioether (sulfide) groups is 1. The number of likely N-dealkylation sites (N-methyl/N-ethyl adjacent to an activating group) is 1.